The summed E-state index contributed by atoms with van der Waals surface area (Å²) >= 11 is 0. The lowest BCUT2D eigenvalue weighted by atomic mass is 10.0. The highest BCUT2D eigenvalue weighted by atomic mass is 16.7. The Morgan fingerprint density at radius 2 is 0.760 bits per heavy atom. The first-order chi connectivity index (χ1) is 36.6. The first kappa shape index (κ1) is 72.0. The van der Waals surface area contributed by atoms with E-state index >= 15 is 0 Å². The van der Waals surface area contributed by atoms with Crippen LogP contribution in [-0.2, 0) is 33.3 Å². The lowest BCUT2D eigenvalue weighted by Gasteiger charge is -2.26. The molecule has 0 aromatic heterocycles. The maximum Gasteiger partial charge on any atom is 0.306 e. The normalized spacial score (nSPS) is 13.1. The van der Waals surface area contributed by atoms with Crippen LogP contribution in [0.1, 0.15) is 284 Å². The van der Waals surface area contributed by atoms with Crippen LogP contribution < -0.4 is 5.11 Å². The molecule has 0 aliphatic carbocycles. The topological polar surface area (TPSA) is 111 Å². The molecule has 9 nitrogen and oxygen atoms in total. The summed E-state index contributed by atoms with van der Waals surface area (Å²) in [6.45, 7) is 4.68. The zero-order valence-corrected chi connectivity index (χ0v) is 49.7. The van der Waals surface area contributed by atoms with Crippen molar-refractivity contribution in [3.05, 3.63) is 60.8 Å². The zero-order chi connectivity index (χ0) is 54.8. The number of likely N-dealkylation sites (N-methyl/N-ethyl adjacent to an activating group) is 1. The standard InChI is InChI=1S/C66H119NO8/c1-6-8-10-12-14-16-18-20-22-24-26-27-28-29-30-31-32-33-34-35-36-37-39-41-43-45-47-49-51-53-55-57-64(69)75-62(61-74-66(65(70)71)72-59-58-67(3,4)5)60-73-63(68)56-54-52-50-48-46-44-42-40-38-25-23-21-19-17-15-13-11-9-7-2/h8,10,14,16,20,22,26-27,29-30,62,66H,6-7,9,11-13,15,17-19,21,23-25,28,31-61H2,1-5H3/b10-8-,16-14-,22-20-,27-26-,30-29-. The number of carbonyl (C=O) groups excluding carboxylic acids is 3. The predicted octanol–water partition coefficient (Wildman–Crippen LogP) is 17.5. The molecule has 0 rings (SSSR count). The average Bonchev–Trinajstić information content (AvgIpc) is 3.38. The van der Waals surface area contributed by atoms with Crippen LogP contribution in [0.15, 0.2) is 60.8 Å². The van der Waals surface area contributed by atoms with E-state index in [4.69, 9.17) is 18.9 Å². The molecule has 9 heteroatoms. The second kappa shape index (κ2) is 57.2. The average molecular weight is 1050 g/mol. The maximum atomic E-state index is 12.9. The molecule has 436 valence electrons. The lowest BCUT2D eigenvalue weighted by molar-refractivity contribution is -0.870. The number of hydrogen-bond donors (Lipinski definition) is 0. The SMILES string of the molecule is CC/C=C\C/C=C\C/C=C\C/C=C\C/C=C\CCCCCCCCCCCCCCCCCC(=O)OC(COC(=O)CCCCCCCCCCCCCCCCCCCCC)COC(OCC[N+](C)(C)C)C(=O)[O-]. The number of quaternary nitrogens is 1. The molecule has 0 aromatic rings. The van der Waals surface area contributed by atoms with Gasteiger partial charge in [0.15, 0.2) is 12.4 Å². The van der Waals surface area contributed by atoms with E-state index in [0.717, 1.165) is 64.2 Å². The van der Waals surface area contributed by atoms with Gasteiger partial charge in [-0.05, 0) is 57.8 Å². The molecule has 0 aliphatic rings. The lowest BCUT2D eigenvalue weighted by Crippen LogP contribution is -2.44. The summed E-state index contributed by atoms with van der Waals surface area (Å²) in [5.74, 6) is -2.27. The maximum absolute atomic E-state index is 12.9. The first-order valence-corrected chi connectivity index (χ1v) is 31.4. The van der Waals surface area contributed by atoms with Gasteiger partial charge in [-0.3, -0.25) is 9.59 Å². The molecule has 0 radical (unpaired) electrons. The van der Waals surface area contributed by atoms with Gasteiger partial charge >= 0.3 is 11.9 Å². The Morgan fingerprint density at radius 3 is 1.13 bits per heavy atom. The van der Waals surface area contributed by atoms with E-state index in [9.17, 15) is 19.5 Å². The van der Waals surface area contributed by atoms with E-state index in [1.54, 1.807) is 0 Å². The quantitative estimate of drug-likeness (QED) is 0.0195. The molecule has 2 unspecified atom stereocenters. The van der Waals surface area contributed by atoms with Gasteiger partial charge in [-0.15, -0.1) is 0 Å². The van der Waals surface area contributed by atoms with Crippen molar-refractivity contribution in [2.24, 2.45) is 0 Å². The molecule has 0 N–H and O–H groups in total. The summed E-state index contributed by atoms with van der Waals surface area (Å²) < 4.78 is 22.8. The molecular weight excluding hydrogens is 935 g/mol. The van der Waals surface area contributed by atoms with E-state index < -0.39 is 24.3 Å². The Balaban J connectivity index is 4.14. The van der Waals surface area contributed by atoms with E-state index in [1.807, 2.05) is 21.1 Å². The summed E-state index contributed by atoms with van der Waals surface area (Å²) in [5.41, 5.74) is 0. The van der Waals surface area contributed by atoms with Crippen molar-refractivity contribution >= 4 is 17.9 Å². The van der Waals surface area contributed by atoms with Crippen molar-refractivity contribution in [3.63, 3.8) is 0 Å². The first-order valence-electron chi connectivity index (χ1n) is 31.4. The second-order valence-corrected chi connectivity index (χ2v) is 22.3. The number of nitrogens with zero attached hydrogens (tertiary/aromatic N) is 1. The van der Waals surface area contributed by atoms with Gasteiger partial charge in [0.2, 0.25) is 0 Å². The fraction of sp³-hybridized carbons (Fsp3) is 0.803. The van der Waals surface area contributed by atoms with Crippen molar-refractivity contribution in [3.8, 4) is 0 Å². The molecule has 0 bridgehead atoms. The fourth-order valence-corrected chi connectivity index (χ4v) is 8.98. The van der Waals surface area contributed by atoms with Gasteiger partial charge in [-0.1, -0.05) is 274 Å². The molecule has 0 amide bonds. The summed E-state index contributed by atoms with van der Waals surface area (Å²) in [6, 6.07) is 0. The van der Waals surface area contributed by atoms with Gasteiger partial charge in [-0.2, -0.15) is 0 Å². The van der Waals surface area contributed by atoms with E-state index in [0.29, 0.717) is 23.9 Å². The number of carboxylic acids is 1. The third kappa shape index (κ3) is 58.5. The van der Waals surface area contributed by atoms with Crippen LogP contribution in [0.2, 0.25) is 0 Å². The van der Waals surface area contributed by atoms with Crippen LogP contribution >= 0.6 is 0 Å². The number of hydrogen-bond acceptors (Lipinski definition) is 8. The molecule has 0 spiro atoms. The van der Waals surface area contributed by atoms with Crippen LogP contribution in [0.5, 0.6) is 0 Å². The molecule has 75 heavy (non-hydrogen) atoms. The largest absolute Gasteiger partial charge is 0.545 e. The van der Waals surface area contributed by atoms with Crippen molar-refractivity contribution in [2.75, 3.05) is 47.5 Å². The molecule has 0 aliphatic heterocycles. The number of rotatable bonds is 58. The van der Waals surface area contributed by atoms with Gasteiger partial charge < -0.3 is 33.3 Å². The van der Waals surface area contributed by atoms with Crippen LogP contribution in [0.3, 0.4) is 0 Å². The third-order valence-corrected chi connectivity index (χ3v) is 13.8. The van der Waals surface area contributed by atoms with Crippen molar-refractivity contribution in [1.82, 2.24) is 0 Å². The van der Waals surface area contributed by atoms with Crippen molar-refractivity contribution < 1.29 is 42.9 Å². The van der Waals surface area contributed by atoms with Crippen LogP contribution in [0.4, 0.5) is 0 Å². The summed E-state index contributed by atoms with van der Waals surface area (Å²) in [6.07, 6.45) is 69.9. The Kier molecular flexibility index (Phi) is 54.9. The molecule has 0 saturated heterocycles. The monoisotopic (exact) mass is 1050 g/mol. The molecule has 2 atom stereocenters. The van der Waals surface area contributed by atoms with Crippen molar-refractivity contribution in [1.29, 1.82) is 0 Å². The minimum Gasteiger partial charge on any atom is -0.545 e. The molecule has 0 saturated carbocycles. The number of aliphatic carboxylic acids is 1. The highest BCUT2D eigenvalue weighted by Crippen LogP contribution is 2.17. The molecule has 0 fully saturated rings. The predicted molar refractivity (Wildman–Crippen MR) is 315 cm³/mol. The Labute approximate surface area is 463 Å². The van der Waals surface area contributed by atoms with E-state index in [-0.39, 0.29) is 32.2 Å². The van der Waals surface area contributed by atoms with Crippen LogP contribution in [0, 0.1) is 0 Å². The number of carbonyl (C=O) groups is 3. The minimum atomic E-state index is -1.62. The van der Waals surface area contributed by atoms with Gasteiger partial charge in [0.1, 0.15) is 13.2 Å². The summed E-state index contributed by atoms with van der Waals surface area (Å²) in [7, 11) is 5.93. The second-order valence-electron chi connectivity index (χ2n) is 22.3. The Morgan fingerprint density at radius 1 is 0.413 bits per heavy atom. The highest BCUT2D eigenvalue weighted by molar-refractivity contribution is 5.70. The van der Waals surface area contributed by atoms with Crippen LogP contribution in [0.25, 0.3) is 0 Å². The number of ether oxygens (including phenoxy) is 4. The number of carboxylic acid groups (broad SMARTS) is 1. The van der Waals surface area contributed by atoms with Gasteiger partial charge in [0.05, 0.1) is 40.3 Å². The zero-order valence-electron chi connectivity index (χ0n) is 49.7. The molecule has 0 heterocycles. The molecular formula is C66H119NO8. The van der Waals surface area contributed by atoms with Gasteiger partial charge in [0.25, 0.3) is 0 Å². The minimum absolute atomic E-state index is 0.149. The van der Waals surface area contributed by atoms with Gasteiger partial charge in [0, 0.05) is 12.8 Å². The van der Waals surface area contributed by atoms with Crippen molar-refractivity contribution in [2.45, 2.75) is 296 Å². The van der Waals surface area contributed by atoms with E-state index in [1.165, 1.54) is 186 Å². The number of unbranched alkanes of at least 4 members (excludes halogenated alkanes) is 33. The smallest absolute Gasteiger partial charge is 0.306 e. The molecule has 0 aromatic carbocycles. The summed E-state index contributed by atoms with van der Waals surface area (Å²) in [4.78, 5) is 37.4. The number of allylic oxidation sites excluding steroid dienone is 10. The third-order valence-electron chi connectivity index (χ3n) is 13.8. The number of esters is 2. The Hall–Kier alpha value is -3.01. The fourth-order valence-electron chi connectivity index (χ4n) is 8.98. The van der Waals surface area contributed by atoms with E-state index in [2.05, 4.69) is 74.6 Å². The van der Waals surface area contributed by atoms with Gasteiger partial charge in [-0.25, -0.2) is 0 Å². The Bertz CT molecular complexity index is 1410. The highest BCUT2D eigenvalue weighted by Gasteiger charge is 2.22. The van der Waals surface area contributed by atoms with Crippen LogP contribution in [-0.4, -0.2) is 82.3 Å². The summed E-state index contributed by atoms with van der Waals surface area (Å²) in [5, 5.41) is 11.8.